The fourth-order valence-electron chi connectivity index (χ4n) is 3.94. The van der Waals surface area contributed by atoms with Crippen molar-refractivity contribution in [1.29, 1.82) is 0 Å². The largest absolute Gasteiger partial charge is 0.395 e. The van der Waals surface area contributed by atoms with Gasteiger partial charge in [0.15, 0.2) is 0 Å². The van der Waals surface area contributed by atoms with E-state index in [1.807, 2.05) is 41.6 Å². The van der Waals surface area contributed by atoms with E-state index in [0.717, 1.165) is 25.9 Å². The van der Waals surface area contributed by atoms with E-state index < -0.39 is 0 Å². The molecule has 2 heterocycles. The van der Waals surface area contributed by atoms with Crippen LogP contribution in [0.2, 0.25) is 0 Å². The lowest BCUT2D eigenvalue weighted by atomic mass is 9.84. The van der Waals surface area contributed by atoms with Crippen molar-refractivity contribution < 1.29 is 14.3 Å². The average Bonchev–Trinajstić information content (AvgIpc) is 3.22. The van der Waals surface area contributed by atoms with Crippen molar-refractivity contribution in [2.75, 3.05) is 33.3 Å². The summed E-state index contributed by atoms with van der Waals surface area (Å²) in [4.78, 5) is 17.7. The number of carbonyl (C=O) groups excluding carboxylic acids is 1. The van der Waals surface area contributed by atoms with Crippen LogP contribution in [0.4, 0.5) is 4.39 Å². The minimum Gasteiger partial charge on any atom is -0.395 e. The summed E-state index contributed by atoms with van der Waals surface area (Å²) in [5.41, 5.74) is 0.658. The number of rotatable bonds is 7. The molecular formula is C21H27FN2O2S. The maximum Gasteiger partial charge on any atom is 0.263 e. The van der Waals surface area contributed by atoms with Gasteiger partial charge in [0.2, 0.25) is 0 Å². The Bertz CT molecular complexity index is 730. The number of benzene rings is 1. The summed E-state index contributed by atoms with van der Waals surface area (Å²) < 4.78 is 14.3. The van der Waals surface area contributed by atoms with Gasteiger partial charge in [-0.3, -0.25) is 4.79 Å². The number of aliphatic hydroxyl groups is 1. The third kappa shape index (κ3) is 4.94. The highest BCUT2D eigenvalue weighted by molar-refractivity contribution is 7.12. The molecule has 1 N–H and O–H groups in total. The number of halogens is 1. The van der Waals surface area contributed by atoms with Crippen molar-refractivity contribution in [3.8, 4) is 0 Å². The van der Waals surface area contributed by atoms with Crippen LogP contribution in [0.3, 0.4) is 0 Å². The first kappa shape index (κ1) is 20.0. The zero-order valence-corrected chi connectivity index (χ0v) is 16.5. The highest BCUT2D eigenvalue weighted by atomic mass is 32.1. The number of piperidine rings is 1. The van der Waals surface area contributed by atoms with Crippen LogP contribution in [0, 0.1) is 11.7 Å². The summed E-state index contributed by atoms with van der Waals surface area (Å²) >= 11 is 1.44. The van der Waals surface area contributed by atoms with E-state index in [1.54, 1.807) is 6.07 Å². The van der Waals surface area contributed by atoms with Gasteiger partial charge in [0.1, 0.15) is 5.82 Å². The lowest BCUT2D eigenvalue weighted by molar-refractivity contribution is 0.0579. The van der Waals surface area contributed by atoms with E-state index >= 15 is 0 Å². The Morgan fingerprint density at radius 2 is 2.04 bits per heavy atom. The zero-order chi connectivity index (χ0) is 19.2. The summed E-state index contributed by atoms with van der Waals surface area (Å²) in [5.74, 6) is 0.106. The quantitative estimate of drug-likeness (QED) is 0.789. The van der Waals surface area contributed by atoms with E-state index in [2.05, 4.69) is 4.90 Å². The number of hydrogen-bond donors (Lipinski definition) is 1. The minimum atomic E-state index is -0.211. The SMILES string of the molecule is CN(C(=O)c1cccs1)[C@H](Cc1ccccc1F)C1CCN(CCO)CC1. The van der Waals surface area contributed by atoms with Crippen molar-refractivity contribution in [2.45, 2.75) is 25.3 Å². The number of amides is 1. The Morgan fingerprint density at radius 3 is 2.67 bits per heavy atom. The Labute approximate surface area is 164 Å². The lowest BCUT2D eigenvalue weighted by Gasteiger charge is -2.40. The second-order valence-corrected chi connectivity index (χ2v) is 8.11. The molecule has 3 rings (SSSR count). The molecule has 0 unspecified atom stereocenters. The summed E-state index contributed by atoms with van der Waals surface area (Å²) in [7, 11) is 1.84. The van der Waals surface area contributed by atoms with Gasteiger partial charge < -0.3 is 14.9 Å². The van der Waals surface area contributed by atoms with Crippen molar-refractivity contribution in [1.82, 2.24) is 9.80 Å². The first-order valence-electron chi connectivity index (χ1n) is 9.47. The van der Waals surface area contributed by atoms with Crippen LogP contribution >= 0.6 is 11.3 Å². The molecule has 6 heteroatoms. The smallest absolute Gasteiger partial charge is 0.263 e. The Morgan fingerprint density at radius 1 is 1.30 bits per heavy atom. The topological polar surface area (TPSA) is 43.8 Å². The van der Waals surface area contributed by atoms with Crippen molar-refractivity contribution in [3.63, 3.8) is 0 Å². The Hall–Kier alpha value is -1.76. The molecule has 1 fully saturated rings. The molecule has 1 aliphatic rings. The summed E-state index contributed by atoms with van der Waals surface area (Å²) in [6, 6.07) is 10.5. The van der Waals surface area contributed by atoms with E-state index in [4.69, 9.17) is 5.11 Å². The highest BCUT2D eigenvalue weighted by Crippen LogP contribution is 2.28. The van der Waals surface area contributed by atoms with Crippen molar-refractivity contribution in [3.05, 3.63) is 58.0 Å². The molecule has 0 saturated carbocycles. The summed E-state index contributed by atoms with van der Waals surface area (Å²) in [5, 5.41) is 11.1. The molecule has 1 saturated heterocycles. The summed E-state index contributed by atoms with van der Waals surface area (Å²) in [6.07, 6.45) is 2.41. The minimum absolute atomic E-state index is 0.00382. The molecule has 4 nitrogen and oxygen atoms in total. The van der Waals surface area contributed by atoms with Crippen LogP contribution < -0.4 is 0 Å². The lowest BCUT2D eigenvalue weighted by Crippen LogP contribution is -2.47. The highest BCUT2D eigenvalue weighted by Gasteiger charge is 2.32. The van der Waals surface area contributed by atoms with Crippen LogP contribution in [0.1, 0.15) is 28.1 Å². The van der Waals surface area contributed by atoms with Gasteiger partial charge in [-0.1, -0.05) is 24.3 Å². The number of hydrogen-bond acceptors (Lipinski definition) is 4. The first-order valence-corrected chi connectivity index (χ1v) is 10.4. The standard InChI is InChI=1S/C21H27FN2O2S/c1-23(21(26)20-7-4-14-27-20)19(15-17-5-2-3-6-18(17)22)16-8-10-24(11-9-16)12-13-25/h2-7,14,16,19,25H,8-13,15H2,1H3/t19-/m1/s1. The van der Waals surface area contributed by atoms with Crippen LogP contribution in [-0.2, 0) is 6.42 Å². The molecule has 1 aromatic carbocycles. The van der Waals surface area contributed by atoms with E-state index in [0.29, 0.717) is 29.3 Å². The van der Waals surface area contributed by atoms with Gasteiger partial charge in [-0.2, -0.15) is 0 Å². The summed E-state index contributed by atoms with van der Waals surface area (Å²) in [6.45, 7) is 2.66. The maximum atomic E-state index is 14.3. The Balaban J connectivity index is 1.78. The molecule has 0 bridgehead atoms. The molecule has 1 atom stereocenters. The van der Waals surface area contributed by atoms with Gasteiger partial charge in [-0.25, -0.2) is 4.39 Å². The monoisotopic (exact) mass is 390 g/mol. The van der Waals surface area contributed by atoms with Gasteiger partial charge in [-0.15, -0.1) is 11.3 Å². The molecule has 1 aromatic heterocycles. The number of likely N-dealkylation sites (N-methyl/N-ethyl adjacent to an activating group) is 1. The fourth-order valence-corrected chi connectivity index (χ4v) is 4.64. The number of carbonyl (C=O) groups is 1. The second-order valence-electron chi connectivity index (χ2n) is 7.16. The maximum absolute atomic E-state index is 14.3. The normalized spacial score (nSPS) is 17.0. The predicted molar refractivity (Wildman–Crippen MR) is 107 cm³/mol. The van der Waals surface area contributed by atoms with Crippen LogP contribution in [0.5, 0.6) is 0 Å². The van der Waals surface area contributed by atoms with Crippen molar-refractivity contribution >= 4 is 17.2 Å². The molecular weight excluding hydrogens is 363 g/mol. The molecule has 2 aromatic rings. The number of thiophene rings is 1. The average molecular weight is 391 g/mol. The number of aliphatic hydroxyl groups excluding tert-OH is 1. The molecule has 0 aliphatic carbocycles. The second kappa shape index (κ2) is 9.44. The molecule has 146 valence electrons. The molecule has 27 heavy (non-hydrogen) atoms. The van der Waals surface area contributed by atoms with E-state index in [-0.39, 0.29) is 24.4 Å². The molecule has 1 amide bonds. The number of β-amino-alcohol motifs (C(OH)–C–C–N with tert-alkyl or cyclic N) is 1. The number of likely N-dealkylation sites (tertiary alicyclic amines) is 1. The van der Waals surface area contributed by atoms with Crippen LogP contribution in [-0.4, -0.2) is 60.1 Å². The van der Waals surface area contributed by atoms with Gasteiger partial charge in [-0.05, 0) is 61.3 Å². The fraction of sp³-hybridized carbons (Fsp3) is 0.476. The van der Waals surface area contributed by atoms with Gasteiger partial charge in [0, 0.05) is 19.6 Å². The van der Waals surface area contributed by atoms with Gasteiger partial charge in [0.25, 0.3) is 5.91 Å². The molecule has 0 radical (unpaired) electrons. The number of nitrogens with zero attached hydrogens (tertiary/aromatic N) is 2. The molecule has 0 spiro atoms. The van der Waals surface area contributed by atoms with Gasteiger partial charge >= 0.3 is 0 Å². The Kier molecular flexibility index (Phi) is 6.99. The van der Waals surface area contributed by atoms with Crippen LogP contribution in [0.15, 0.2) is 41.8 Å². The van der Waals surface area contributed by atoms with Gasteiger partial charge in [0.05, 0.1) is 11.5 Å². The third-order valence-corrected chi connectivity index (χ3v) is 6.39. The third-order valence-electron chi connectivity index (χ3n) is 5.53. The van der Waals surface area contributed by atoms with Crippen LogP contribution in [0.25, 0.3) is 0 Å². The predicted octanol–water partition coefficient (Wildman–Crippen LogP) is 3.27. The molecule has 1 aliphatic heterocycles. The van der Waals surface area contributed by atoms with Crippen molar-refractivity contribution in [2.24, 2.45) is 5.92 Å². The van der Waals surface area contributed by atoms with E-state index in [9.17, 15) is 9.18 Å². The van der Waals surface area contributed by atoms with E-state index in [1.165, 1.54) is 17.4 Å². The zero-order valence-electron chi connectivity index (χ0n) is 15.7. The first-order chi connectivity index (χ1) is 13.1.